The number of rotatable bonds is 7. The highest BCUT2D eigenvalue weighted by molar-refractivity contribution is 7.99. The van der Waals surface area contributed by atoms with E-state index in [1.54, 1.807) is 0 Å². The number of hydrogen-bond donors (Lipinski definition) is 1. The molecule has 0 saturated carbocycles. The number of anilines is 2. The lowest BCUT2D eigenvalue weighted by atomic mass is 10.2. The van der Waals surface area contributed by atoms with Gasteiger partial charge in [0.1, 0.15) is 5.52 Å². The van der Waals surface area contributed by atoms with Crippen LogP contribution < -0.4 is 10.2 Å². The molecule has 1 aromatic heterocycles. The van der Waals surface area contributed by atoms with E-state index in [1.807, 2.05) is 48.5 Å². The molecule has 26 heavy (non-hydrogen) atoms. The summed E-state index contributed by atoms with van der Waals surface area (Å²) in [4.78, 5) is 18.8. The van der Waals surface area contributed by atoms with E-state index in [0.717, 1.165) is 29.0 Å². The molecular weight excluding hydrogens is 346 g/mol. The van der Waals surface area contributed by atoms with E-state index in [4.69, 9.17) is 4.42 Å². The maximum absolute atomic E-state index is 12.2. The molecule has 0 radical (unpaired) electrons. The maximum atomic E-state index is 12.2. The maximum Gasteiger partial charge on any atom is 0.257 e. The second kappa shape index (κ2) is 8.27. The quantitative estimate of drug-likeness (QED) is 0.607. The Morgan fingerprint density at radius 2 is 1.92 bits per heavy atom. The minimum absolute atomic E-state index is 0.0822. The average Bonchev–Trinajstić information content (AvgIpc) is 3.05. The number of oxazole rings is 1. The largest absolute Gasteiger partial charge is 0.431 e. The Bertz CT molecular complexity index is 841. The first-order valence-electron chi connectivity index (χ1n) is 8.71. The average molecular weight is 369 g/mol. The van der Waals surface area contributed by atoms with Crippen molar-refractivity contribution in [2.45, 2.75) is 32.0 Å². The zero-order chi connectivity index (χ0) is 18.5. The van der Waals surface area contributed by atoms with Gasteiger partial charge in [-0.3, -0.25) is 4.79 Å². The van der Waals surface area contributed by atoms with Crippen molar-refractivity contribution in [3.63, 3.8) is 0 Å². The molecule has 0 aliphatic rings. The van der Waals surface area contributed by atoms with Gasteiger partial charge in [0.15, 0.2) is 5.58 Å². The second-order valence-electron chi connectivity index (χ2n) is 6.21. The highest BCUT2D eigenvalue weighted by Gasteiger charge is 2.11. The summed E-state index contributed by atoms with van der Waals surface area (Å²) < 4.78 is 5.61. The second-order valence-corrected chi connectivity index (χ2v) is 7.14. The van der Waals surface area contributed by atoms with Gasteiger partial charge in [0.2, 0.25) is 5.91 Å². The number of aromatic nitrogens is 1. The molecule has 1 heterocycles. The van der Waals surface area contributed by atoms with E-state index in [9.17, 15) is 4.79 Å². The first-order chi connectivity index (χ1) is 12.6. The summed E-state index contributed by atoms with van der Waals surface area (Å²) in [6, 6.07) is 15.9. The third kappa shape index (κ3) is 4.38. The fourth-order valence-corrected chi connectivity index (χ4v) is 3.46. The Morgan fingerprint density at radius 1 is 1.19 bits per heavy atom. The monoisotopic (exact) mass is 369 g/mol. The van der Waals surface area contributed by atoms with Gasteiger partial charge in [0, 0.05) is 24.0 Å². The van der Waals surface area contributed by atoms with Crippen LogP contribution in [0.1, 0.15) is 20.8 Å². The van der Waals surface area contributed by atoms with Crippen LogP contribution in [0.3, 0.4) is 0 Å². The van der Waals surface area contributed by atoms with Gasteiger partial charge < -0.3 is 14.6 Å². The topological polar surface area (TPSA) is 58.4 Å². The summed E-state index contributed by atoms with van der Waals surface area (Å²) in [6.45, 7) is 7.43. The molecule has 3 rings (SSSR count). The minimum Gasteiger partial charge on any atom is -0.431 e. The van der Waals surface area contributed by atoms with Gasteiger partial charge in [-0.1, -0.05) is 23.9 Å². The molecule has 0 saturated heterocycles. The molecule has 0 unspecified atom stereocenters. The molecule has 5 nitrogen and oxygen atoms in total. The molecule has 0 aliphatic heterocycles. The molecular formula is C20H23N3O2S. The summed E-state index contributed by atoms with van der Waals surface area (Å²) in [5.41, 5.74) is 3.48. The van der Waals surface area contributed by atoms with Crippen molar-refractivity contribution in [1.29, 1.82) is 0 Å². The number of benzene rings is 2. The van der Waals surface area contributed by atoms with Gasteiger partial charge in [0.05, 0.1) is 5.75 Å². The van der Waals surface area contributed by atoms with Gasteiger partial charge >= 0.3 is 0 Å². The zero-order valence-corrected chi connectivity index (χ0v) is 16.0. The number of para-hydroxylation sites is 2. The van der Waals surface area contributed by atoms with Crippen LogP contribution in [0.4, 0.5) is 11.4 Å². The SMILES string of the molecule is CCN(c1ccc(NC(=O)CSc2nc3ccccc3o2)cc1)C(C)C. The normalized spacial score (nSPS) is 11.1. The van der Waals surface area contributed by atoms with Crippen molar-refractivity contribution >= 4 is 40.1 Å². The van der Waals surface area contributed by atoms with E-state index >= 15 is 0 Å². The van der Waals surface area contributed by atoms with Crippen LogP contribution in [-0.4, -0.2) is 29.2 Å². The van der Waals surface area contributed by atoms with Gasteiger partial charge in [-0.05, 0) is 57.2 Å². The van der Waals surface area contributed by atoms with Gasteiger partial charge in [-0.2, -0.15) is 0 Å². The Balaban J connectivity index is 1.56. The van der Waals surface area contributed by atoms with Crippen molar-refractivity contribution in [2.75, 3.05) is 22.5 Å². The van der Waals surface area contributed by atoms with Crippen molar-refractivity contribution in [1.82, 2.24) is 4.98 Å². The lowest BCUT2D eigenvalue weighted by Crippen LogP contribution is -2.30. The first-order valence-corrected chi connectivity index (χ1v) is 9.70. The summed E-state index contributed by atoms with van der Waals surface area (Å²) in [5.74, 6) is 0.169. The van der Waals surface area contributed by atoms with Gasteiger partial charge in [-0.25, -0.2) is 4.98 Å². The number of amides is 1. The number of carbonyl (C=O) groups excluding carboxylic acids is 1. The third-order valence-electron chi connectivity index (χ3n) is 4.05. The minimum atomic E-state index is -0.0822. The smallest absolute Gasteiger partial charge is 0.257 e. The van der Waals surface area contributed by atoms with Crippen molar-refractivity contribution in [3.05, 3.63) is 48.5 Å². The van der Waals surface area contributed by atoms with Crippen LogP contribution in [0.2, 0.25) is 0 Å². The predicted molar refractivity (Wildman–Crippen MR) is 108 cm³/mol. The molecule has 136 valence electrons. The van der Waals surface area contributed by atoms with E-state index < -0.39 is 0 Å². The molecule has 1 N–H and O–H groups in total. The summed E-state index contributed by atoms with van der Waals surface area (Å²) in [7, 11) is 0. The predicted octanol–water partition coefficient (Wildman–Crippen LogP) is 4.79. The number of thioether (sulfide) groups is 1. The van der Waals surface area contributed by atoms with E-state index in [-0.39, 0.29) is 11.7 Å². The van der Waals surface area contributed by atoms with Gasteiger partial charge in [-0.15, -0.1) is 0 Å². The lowest BCUT2D eigenvalue weighted by molar-refractivity contribution is -0.113. The fraction of sp³-hybridized carbons (Fsp3) is 0.300. The molecule has 0 fully saturated rings. The van der Waals surface area contributed by atoms with E-state index in [2.05, 4.69) is 36.0 Å². The highest BCUT2D eigenvalue weighted by atomic mass is 32.2. The third-order valence-corrected chi connectivity index (χ3v) is 4.88. The van der Waals surface area contributed by atoms with Crippen LogP contribution in [0, 0.1) is 0 Å². The molecule has 0 atom stereocenters. The van der Waals surface area contributed by atoms with E-state index in [1.165, 1.54) is 11.8 Å². The van der Waals surface area contributed by atoms with Crippen LogP contribution in [0.15, 0.2) is 58.2 Å². The summed E-state index contributed by atoms with van der Waals surface area (Å²) in [5, 5.41) is 3.42. The molecule has 6 heteroatoms. The molecule has 0 spiro atoms. The molecule has 0 bridgehead atoms. The molecule has 3 aromatic rings. The molecule has 2 aromatic carbocycles. The van der Waals surface area contributed by atoms with Crippen LogP contribution in [-0.2, 0) is 4.79 Å². The Hall–Kier alpha value is -2.47. The molecule has 1 amide bonds. The summed E-state index contributed by atoms with van der Waals surface area (Å²) >= 11 is 1.29. The fourth-order valence-electron chi connectivity index (χ4n) is 2.82. The first kappa shape index (κ1) is 18.3. The number of fused-ring (bicyclic) bond motifs is 1. The van der Waals surface area contributed by atoms with Crippen molar-refractivity contribution in [2.24, 2.45) is 0 Å². The van der Waals surface area contributed by atoms with Crippen molar-refractivity contribution in [3.8, 4) is 0 Å². The van der Waals surface area contributed by atoms with Crippen LogP contribution in [0.5, 0.6) is 0 Å². The van der Waals surface area contributed by atoms with E-state index in [0.29, 0.717) is 11.3 Å². The van der Waals surface area contributed by atoms with Crippen molar-refractivity contribution < 1.29 is 9.21 Å². The zero-order valence-electron chi connectivity index (χ0n) is 15.2. The standard InChI is InChI=1S/C20H23N3O2S/c1-4-23(14(2)3)16-11-9-15(10-12-16)21-19(24)13-26-20-22-17-7-5-6-8-18(17)25-20/h5-12,14H,4,13H2,1-3H3,(H,21,24). The highest BCUT2D eigenvalue weighted by Crippen LogP contribution is 2.24. The number of carbonyl (C=O) groups is 1. The number of nitrogens with zero attached hydrogens (tertiary/aromatic N) is 2. The number of hydrogen-bond acceptors (Lipinski definition) is 5. The number of nitrogens with one attached hydrogen (secondary N) is 1. The lowest BCUT2D eigenvalue weighted by Gasteiger charge is -2.27. The summed E-state index contributed by atoms with van der Waals surface area (Å²) in [6.07, 6.45) is 0. The Kier molecular flexibility index (Phi) is 5.83. The van der Waals surface area contributed by atoms with Crippen LogP contribution >= 0.6 is 11.8 Å². The Morgan fingerprint density at radius 3 is 2.58 bits per heavy atom. The Labute approximate surface area is 157 Å². The van der Waals surface area contributed by atoms with Gasteiger partial charge in [0.25, 0.3) is 5.22 Å². The van der Waals surface area contributed by atoms with Crippen LogP contribution in [0.25, 0.3) is 11.1 Å². The molecule has 0 aliphatic carbocycles.